The molecule has 0 radical (unpaired) electrons. The molecule has 0 unspecified atom stereocenters. The van der Waals surface area contributed by atoms with E-state index in [0.717, 1.165) is 4.68 Å². The van der Waals surface area contributed by atoms with Crippen molar-refractivity contribution in [1.82, 2.24) is 9.78 Å². The molecule has 1 aromatic heterocycles. The van der Waals surface area contributed by atoms with Crippen LogP contribution in [0.25, 0.3) is 0 Å². The van der Waals surface area contributed by atoms with Gasteiger partial charge in [0.2, 0.25) is 0 Å². The van der Waals surface area contributed by atoms with E-state index in [1.807, 2.05) is 0 Å². The maximum Gasteiger partial charge on any atom is 0.410 e. The number of aromatic nitrogens is 2. The summed E-state index contributed by atoms with van der Waals surface area (Å²) in [5.41, 5.74) is 1.32. The number of alkyl halides is 3. The fourth-order valence-corrected chi connectivity index (χ4v) is 4.09. The lowest BCUT2D eigenvalue weighted by atomic mass is 9.97. The van der Waals surface area contributed by atoms with Gasteiger partial charge in [-0.25, -0.2) is 4.68 Å². The van der Waals surface area contributed by atoms with Crippen LogP contribution in [0.3, 0.4) is 0 Å². The molecule has 2 heterocycles. The minimum Gasteiger partial charge on any atom is -0.497 e. The van der Waals surface area contributed by atoms with Gasteiger partial charge in [0.25, 0.3) is 5.91 Å². The Bertz CT molecular complexity index is 1180. The number of benzene rings is 2. The molecule has 11 heteroatoms. The molecular weight excluding hydrogens is 473 g/mol. The second kappa shape index (κ2) is 9.19. The Morgan fingerprint density at radius 3 is 2.44 bits per heavy atom. The number of hydrogen-bond acceptors (Lipinski definition) is 5. The van der Waals surface area contributed by atoms with Crippen LogP contribution in [0.15, 0.2) is 48.5 Å². The number of amides is 1. The van der Waals surface area contributed by atoms with Crippen LogP contribution in [0, 0.1) is 0 Å². The van der Waals surface area contributed by atoms with Gasteiger partial charge in [-0.05, 0) is 42.3 Å². The number of rotatable bonds is 5. The Labute approximate surface area is 198 Å². The van der Waals surface area contributed by atoms with Gasteiger partial charge in [0.1, 0.15) is 16.6 Å². The number of aliphatic hydroxyl groups is 1. The Morgan fingerprint density at radius 2 is 1.88 bits per heavy atom. The molecule has 1 aliphatic heterocycles. The molecule has 3 atom stereocenters. The number of nitrogens with one attached hydrogen (secondary N) is 2. The number of carbonyl (C=O) groups is 1. The number of aliphatic hydroxyl groups excluding tert-OH is 1. The normalized spacial score (nSPS) is 18.6. The minimum absolute atomic E-state index is 0.0781. The standard InChI is InChI=1S/C23H22ClF3N4O3/c1-12(32)13-3-7-15(8-4-13)28-22(33)20-19(24)21-29-17(14-5-9-16(34-2)10-6-14)11-18(23(25,26)27)31(21)30-20/h3-10,12,17-18,29,32H,11H2,1-2H3,(H,28,33)/t12-,17+,18+/m1/s1. The molecule has 2 aromatic carbocycles. The molecule has 180 valence electrons. The molecule has 0 saturated carbocycles. The third-order valence-corrected chi connectivity index (χ3v) is 6.04. The van der Waals surface area contributed by atoms with Crippen molar-refractivity contribution in [2.75, 3.05) is 17.7 Å². The first-order chi connectivity index (χ1) is 16.1. The molecule has 0 fully saturated rings. The molecule has 0 bridgehead atoms. The summed E-state index contributed by atoms with van der Waals surface area (Å²) in [4.78, 5) is 12.8. The van der Waals surface area contributed by atoms with Crippen LogP contribution < -0.4 is 15.4 Å². The summed E-state index contributed by atoms with van der Waals surface area (Å²) >= 11 is 6.36. The monoisotopic (exact) mass is 494 g/mol. The maximum absolute atomic E-state index is 13.9. The van der Waals surface area contributed by atoms with Crippen molar-refractivity contribution in [2.24, 2.45) is 0 Å². The molecular formula is C23H22ClF3N4O3. The Hall–Kier alpha value is -3.24. The van der Waals surface area contributed by atoms with Crippen molar-refractivity contribution in [3.8, 4) is 5.75 Å². The lowest BCUT2D eigenvalue weighted by Crippen LogP contribution is -2.35. The number of halogens is 4. The van der Waals surface area contributed by atoms with E-state index in [9.17, 15) is 23.1 Å². The first-order valence-electron chi connectivity index (χ1n) is 10.4. The quantitative estimate of drug-likeness (QED) is 0.435. The van der Waals surface area contributed by atoms with Crippen LogP contribution in [0.5, 0.6) is 5.75 Å². The van der Waals surface area contributed by atoms with Gasteiger partial charge in [-0.2, -0.15) is 18.3 Å². The van der Waals surface area contributed by atoms with Gasteiger partial charge in [0, 0.05) is 12.1 Å². The van der Waals surface area contributed by atoms with Gasteiger partial charge in [-0.1, -0.05) is 35.9 Å². The second-order valence-electron chi connectivity index (χ2n) is 7.97. The zero-order valence-corrected chi connectivity index (χ0v) is 19.0. The zero-order valence-electron chi connectivity index (χ0n) is 18.2. The molecule has 0 aliphatic carbocycles. The molecule has 3 aromatic rings. The average molecular weight is 495 g/mol. The van der Waals surface area contributed by atoms with Crippen LogP contribution in [0.1, 0.15) is 53.1 Å². The molecule has 0 saturated heterocycles. The third kappa shape index (κ3) is 4.69. The average Bonchev–Trinajstić information content (AvgIpc) is 3.14. The highest BCUT2D eigenvalue weighted by molar-refractivity contribution is 6.36. The highest BCUT2D eigenvalue weighted by Gasteiger charge is 2.47. The minimum atomic E-state index is -4.61. The Morgan fingerprint density at radius 1 is 1.24 bits per heavy atom. The fraction of sp³-hybridized carbons (Fsp3) is 0.304. The SMILES string of the molecule is COc1ccc([C@@H]2C[C@@H](C(F)(F)F)n3nc(C(=O)Nc4ccc([C@@H](C)O)cc4)c(Cl)c3N2)cc1. The van der Waals surface area contributed by atoms with Crippen LogP contribution in [-0.2, 0) is 0 Å². The summed E-state index contributed by atoms with van der Waals surface area (Å²) in [6.07, 6.45) is -5.62. The second-order valence-corrected chi connectivity index (χ2v) is 8.35. The van der Waals surface area contributed by atoms with Gasteiger partial charge in [-0.15, -0.1) is 0 Å². The van der Waals surface area contributed by atoms with Crippen molar-refractivity contribution in [2.45, 2.75) is 37.7 Å². The number of fused-ring (bicyclic) bond motifs is 1. The summed E-state index contributed by atoms with van der Waals surface area (Å²) < 4.78 is 47.7. The molecule has 4 rings (SSSR count). The summed E-state index contributed by atoms with van der Waals surface area (Å²) in [5, 5.41) is 18.9. The van der Waals surface area contributed by atoms with Gasteiger partial charge in [0.15, 0.2) is 11.7 Å². The van der Waals surface area contributed by atoms with Crippen LogP contribution >= 0.6 is 11.6 Å². The summed E-state index contributed by atoms with van der Waals surface area (Å²) in [6, 6.07) is 10.4. The lowest BCUT2D eigenvalue weighted by molar-refractivity contribution is -0.173. The van der Waals surface area contributed by atoms with Crippen molar-refractivity contribution in [3.63, 3.8) is 0 Å². The fourth-order valence-electron chi connectivity index (χ4n) is 3.82. The van der Waals surface area contributed by atoms with E-state index in [-0.39, 0.29) is 23.0 Å². The smallest absolute Gasteiger partial charge is 0.410 e. The van der Waals surface area contributed by atoms with Crippen molar-refractivity contribution in [3.05, 3.63) is 70.4 Å². The number of anilines is 2. The largest absolute Gasteiger partial charge is 0.497 e. The number of methoxy groups -OCH3 is 1. The Kier molecular flexibility index (Phi) is 6.46. The molecule has 3 N–H and O–H groups in total. The topological polar surface area (TPSA) is 88.4 Å². The number of ether oxygens (including phenoxy) is 1. The van der Waals surface area contributed by atoms with E-state index < -0.39 is 30.3 Å². The van der Waals surface area contributed by atoms with E-state index >= 15 is 0 Å². The number of carbonyl (C=O) groups excluding carboxylic acids is 1. The van der Waals surface area contributed by atoms with Crippen molar-refractivity contribution >= 4 is 29.0 Å². The number of hydrogen-bond donors (Lipinski definition) is 3. The molecule has 34 heavy (non-hydrogen) atoms. The van der Waals surface area contributed by atoms with Crippen LogP contribution in [-0.4, -0.2) is 34.1 Å². The molecule has 7 nitrogen and oxygen atoms in total. The van der Waals surface area contributed by atoms with E-state index in [1.54, 1.807) is 55.5 Å². The van der Waals surface area contributed by atoms with Crippen LogP contribution in [0.4, 0.5) is 24.7 Å². The van der Waals surface area contributed by atoms with E-state index in [2.05, 4.69) is 15.7 Å². The zero-order chi connectivity index (χ0) is 24.6. The maximum atomic E-state index is 13.9. The van der Waals surface area contributed by atoms with Gasteiger partial charge < -0.3 is 20.5 Å². The highest BCUT2D eigenvalue weighted by Crippen LogP contribution is 2.46. The summed E-state index contributed by atoms with van der Waals surface area (Å²) in [7, 11) is 1.50. The van der Waals surface area contributed by atoms with Crippen LogP contribution in [0.2, 0.25) is 5.02 Å². The van der Waals surface area contributed by atoms with E-state index in [1.165, 1.54) is 7.11 Å². The van der Waals surface area contributed by atoms with Gasteiger partial charge >= 0.3 is 6.18 Å². The Balaban J connectivity index is 1.64. The summed E-state index contributed by atoms with van der Waals surface area (Å²) in [6.45, 7) is 1.60. The highest BCUT2D eigenvalue weighted by atomic mass is 35.5. The molecule has 1 amide bonds. The predicted molar refractivity (Wildman–Crippen MR) is 121 cm³/mol. The molecule has 1 aliphatic rings. The first kappa shape index (κ1) is 23.9. The van der Waals surface area contributed by atoms with Gasteiger partial charge in [-0.3, -0.25) is 4.79 Å². The predicted octanol–water partition coefficient (Wildman–Crippen LogP) is 5.51. The first-order valence-corrected chi connectivity index (χ1v) is 10.8. The van der Waals surface area contributed by atoms with Crippen molar-refractivity contribution < 1.29 is 27.8 Å². The van der Waals surface area contributed by atoms with Crippen molar-refractivity contribution in [1.29, 1.82) is 0 Å². The van der Waals surface area contributed by atoms with Gasteiger partial charge in [0.05, 0.1) is 19.3 Å². The number of nitrogens with zero attached hydrogens (tertiary/aromatic N) is 2. The lowest BCUT2D eigenvalue weighted by Gasteiger charge is -2.33. The third-order valence-electron chi connectivity index (χ3n) is 5.68. The van der Waals surface area contributed by atoms with E-state index in [4.69, 9.17) is 16.3 Å². The van der Waals surface area contributed by atoms with E-state index in [0.29, 0.717) is 22.6 Å². The summed E-state index contributed by atoms with van der Waals surface area (Å²) in [5.74, 6) is -0.249. The molecule has 0 spiro atoms.